The molecule has 2 heterocycles. The summed E-state index contributed by atoms with van der Waals surface area (Å²) in [5.74, 6) is 0.506. The van der Waals surface area contributed by atoms with Gasteiger partial charge < -0.3 is 9.14 Å². The normalized spacial score (nSPS) is 11.0. The molecule has 0 unspecified atom stereocenters. The molecule has 0 spiro atoms. The van der Waals surface area contributed by atoms with Crippen LogP contribution in [-0.2, 0) is 6.61 Å². The summed E-state index contributed by atoms with van der Waals surface area (Å²) in [6.45, 7) is 2.40. The first-order valence-electron chi connectivity index (χ1n) is 8.80. The van der Waals surface area contributed by atoms with E-state index < -0.39 is 0 Å². The number of carbonyl (C=O) groups excluding carboxylic acids is 1. The van der Waals surface area contributed by atoms with Crippen LogP contribution in [-0.4, -0.2) is 10.7 Å². The molecule has 4 aromatic rings. The second-order valence-corrected chi connectivity index (χ2v) is 7.36. The van der Waals surface area contributed by atoms with Gasteiger partial charge in [-0.25, -0.2) is 0 Å². The highest BCUT2D eigenvalue weighted by Crippen LogP contribution is 2.39. The Kier molecular flexibility index (Phi) is 5.12. The van der Waals surface area contributed by atoms with E-state index in [1.165, 1.54) is 0 Å². The van der Waals surface area contributed by atoms with Gasteiger partial charge in [-0.15, -0.1) is 0 Å². The van der Waals surface area contributed by atoms with Crippen molar-refractivity contribution in [3.8, 4) is 16.9 Å². The largest absolute Gasteiger partial charge is 0.487 e. The van der Waals surface area contributed by atoms with Gasteiger partial charge in [0.2, 0.25) is 0 Å². The molecule has 28 heavy (non-hydrogen) atoms. The average molecular weight is 410 g/mol. The van der Waals surface area contributed by atoms with Crippen molar-refractivity contribution in [2.45, 2.75) is 13.5 Å². The third-order valence-corrected chi connectivity index (χ3v) is 5.33. The zero-order valence-corrected chi connectivity index (χ0v) is 16.7. The molecule has 2 aromatic carbocycles. The number of nitrogens with zero attached hydrogens (tertiary/aromatic N) is 1. The Morgan fingerprint density at radius 2 is 1.75 bits per heavy atom. The first-order chi connectivity index (χ1) is 13.6. The van der Waals surface area contributed by atoms with Gasteiger partial charge in [0.15, 0.2) is 6.29 Å². The minimum atomic E-state index is 0.394. The second-order valence-electron chi connectivity index (χ2n) is 6.54. The molecule has 0 aliphatic heterocycles. The maximum atomic E-state index is 11.8. The van der Waals surface area contributed by atoms with Crippen LogP contribution < -0.4 is 4.74 Å². The van der Waals surface area contributed by atoms with Crippen molar-refractivity contribution in [2.75, 3.05) is 0 Å². The number of pyridine rings is 1. The zero-order chi connectivity index (χ0) is 19.7. The van der Waals surface area contributed by atoms with Crippen molar-refractivity contribution in [3.05, 3.63) is 93.7 Å². The number of ether oxygens (including phenoxy) is 1. The van der Waals surface area contributed by atoms with Gasteiger partial charge in [0.1, 0.15) is 12.4 Å². The SMILES string of the molecule is Cc1cccn2c(C=O)c(-c3cc(Cl)c(OCc4ccccc4)cc3Cl)cc12. The summed E-state index contributed by atoms with van der Waals surface area (Å²) in [7, 11) is 0. The highest BCUT2D eigenvalue weighted by atomic mass is 35.5. The first kappa shape index (κ1) is 18.6. The van der Waals surface area contributed by atoms with Crippen molar-refractivity contribution in [3.63, 3.8) is 0 Å². The number of aldehydes is 1. The Hall–Kier alpha value is -2.75. The lowest BCUT2D eigenvalue weighted by atomic mass is 10.1. The number of aromatic nitrogens is 1. The lowest BCUT2D eigenvalue weighted by Gasteiger charge is -2.11. The summed E-state index contributed by atoms with van der Waals surface area (Å²) >= 11 is 13.0. The molecule has 3 nitrogen and oxygen atoms in total. The van der Waals surface area contributed by atoms with Gasteiger partial charge in [-0.05, 0) is 36.2 Å². The molecule has 0 saturated carbocycles. The molecule has 0 amide bonds. The number of aryl methyl sites for hydroxylation is 1. The molecule has 5 heteroatoms. The number of rotatable bonds is 5. The van der Waals surface area contributed by atoms with Crippen LogP contribution in [0.25, 0.3) is 16.6 Å². The smallest absolute Gasteiger partial charge is 0.167 e. The maximum Gasteiger partial charge on any atom is 0.167 e. The second kappa shape index (κ2) is 7.70. The fourth-order valence-electron chi connectivity index (χ4n) is 3.28. The number of benzene rings is 2. The summed E-state index contributed by atoms with van der Waals surface area (Å²) < 4.78 is 7.70. The Morgan fingerprint density at radius 1 is 0.964 bits per heavy atom. The molecule has 4 rings (SSSR count). The van der Waals surface area contributed by atoms with Gasteiger partial charge in [-0.2, -0.15) is 0 Å². The molecule has 140 valence electrons. The predicted molar refractivity (Wildman–Crippen MR) is 114 cm³/mol. The van der Waals surface area contributed by atoms with Gasteiger partial charge in [0, 0.05) is 28.9 Å². The Morgan fingerprint density at radius 3 is 2.50 bits per heavy atom. The number of carbonyl (C=O) groups is 1. The van der Waals surface area contributed by atoms with Crippen molar-refractivity contribution < 1.29 is 9.53 Å². The molecule has 0 saturated heterocycles. The molecule has 0 radical (unpaired) electrons. The quantitative estimate of drug-likeness (QED) is 0.347. The third-order valence-electron chi connectivity index (χ3n) is 4.72. The van der Waals surface area contributed by atoms with Gasteiger partial charge in [-0.3, -0.25) is 4.79 Å². The Balaban J connectivity index is 1.73. The summed E-state index contributed by atoms with van der Waals surface area (Å²) in [6, 6.07) is 19.2. The fraction of sp³-hybridized carbons (Fsp3) is 0.0870. The molecule has 0 fully saturated rings. The maximum absolute atomic E-state index is 11.8. The van der Waals surface area contributed by atoms with Gasteiger partial charge in [-0.1, -0.05) is 59.6 Å². The van der Waals surface area contributed by atoms with Crippen LogP contribution >= 0.6 is 23.2 Å². The zero-order valence-electron chi connectivity index (χ0n) is 15.2. The van der Waals surface area contributed by atoms with E-state index in [0.29, 0.717) is 33.7 Å². The lowest BCUT2D eigenvalue weighted by Crippen LogP contribution is -1.97. The van der Waals surface area contributed by atoms with Crippen LogP contribution in [0.2, 0.25) is 10.0 Å². The molecule has 0 bridgehead atoms. The van der Waals surface area contributed by atoms with Crippen molar-refractivity contribution >= 4 is 35.0 Å². The van der Waals surface area contributed by atoms with E-state index in [1.54, 1.807) is 12.1 Å². The van der Waals surface area contributed by atoms with Crippen molar-refractivity contribution in [1.29, 1.82) is 0 Å². The van der Waals surface area contributed by atoms with E-state index in [2.05, 4.69) is 0 Å². The van der Waals surface area contributed by atoms with Gasteiger partial charge >= 0.3 is 0 Å². The van der Waals surface area contributed by atoms with E-state index >= 15 is 0 Å². The molecule has 0 aliphatic carbocycles. The Bertz CT molecular complexity index is 1170. The van der Waals surface area contributed by atoms with Crippen LogP contribution in [0, 0.1) is 6.92 Å². The molecule has 0 aliphatic rings. The van der Waals surface area contributed by atoms with Gasteiger partial charge in [0.25, 0.3) is 0 Å². The summed E-state index contributed by atoms with van der Waals surface area (Å²) in [5, 5.41) is 0.920. The minimum Gasteiger partial charge on any atom is -0.487 e. The molecule has 2 aromatic heterocycles. The standard InChI is InChI=1S/C23H17Cl2NO2/c1-15-6-5-9-26-21(15)11-18(22(26)13-27)17-10-20(25)23(12-19(17)24)28-14-16-7-3-2-4-8-16/h2-13H,14H2,1H3. The predicted octanol–water partition coefficient (Wildman–Crippen LogP) is 6.61. The van der Waals surface area contributed by atoms with E-state index in [4.69, 9.17) is 27.9 Å². The summed E-state index contributed by atoms with van der Waals surface area (Å²) in [4.78, 5) is 11.8. The van der Waals surface area contributed by atoms with Crippen LogP contribution in [0.4, 0.5) is 0 Å². The van der Waals surface area contributed by atoms with Crippen LogP contribution in [0.15, 0.2) is 66.9 Å². The van der Waals surface area contributed by atoms with Crippen molar-refractivity contribution in [2.24, 2.45) is 0 Å². The topological polar surface area (TPSA) is 30.7 Å². The number of fused-ring (bicyclic) bond motifs is 1. The molecule has 0 atom stereocenters. The van der Waals surface area contributed by atoms with E-state index in [0.717, 1.165) is 28.5 Å². The average Bonchev–Trinajstić information content (AvgIpc) is 3.09. The van der Waals surface area contributed by atoms with Crippen LogP contribution in [0.1, 0.15) is 21.6 Å². The highest BCUT2D eigenvalue weighted by molar-refractivity contribution is 6.36. The van der Waals surface area contributed by atoms with Crippen LogP contribution in [0.3, 0.4) is 0 Å². The minimum absolute atomic E-state index is 0.394. The monoisotopic (exact) mass is 409 g/mol. The van der Waals surface area contributed by atoms with E-state index in [9.17, 15) is 4.79 Å². The van der Waals surface area contributed by atoms with Crippen LogP contribution in [0.5, 0.6) is 5.75 Å². The molecular weight excluding hydrogens is 393 g/mol. The number of hydrogen-bond donors (Lipinski definition) is 0. The van der Waals surface area contributed by atoms with Gasteiger partial charge in [0.05, 0.1) is 15.7 Å². The van der Waals surface area contributed by atoms with Crippen molar-refractivity contribution in [1.82, 2.24) is 4.40 Å². The van der Waals surface area contributed by atoms with E-state index in [-0.39, 0.29) is 0 Å². The molecule has 0 N–H and O–H groups in total. The number of hydrogen-bond acceptors (Lipinski definition) is 2. The highest BCUT2D eigenvalue weighted by Gasteiger charge is 2.17. The lowest BCUT2D eigenvalue weighted by molar-refractivity contribution is 0.111. The summed E-state index contributed by atoms with van der Waals surface area (Å²) in [6.07, 6.45) is 2.70. The third kappa shape index (κ3) is 3.39. The number of halogens is 2. The molecular formula is C23H17Cl2NO2. The fourth-order valence-corrected chi connectivity index (χ4v) is 3.75. The Labute approximate surface area is 173 Å². The first-order valence-corrected chi connectivity index (χ1v) is 9.56. The van der Waals surface area contributed by atoms with E-state index in [1.807, 2.05) is 66.1 Å². The summed E-state index contributed by atoms with van der Waals surface area (Å²) in [5.41, 5.74) is 5.04.